The normalized spacial score (nSPS) is 10.8. The molecule has 1 aromatic rings. The molecule has 0 aromatic heterocycles. The second kappa shape index (κ2) is 3.38. The molecule has 0 aliphatic rings. The zero-order chi connectivity index (χ0) is 10.2. The monoisotopic (exact) mass is 213 g/mol. The molecule has 1 aromatic carbocycles. The van der Waals surface area contributed by atoms with Crippen LogP contribution in [0.3, 0.4) is 0 Å². The fourth-order valence-corrected chi connectivity index (χ4v) is 1.08. The second-order valence-corrected chi connectivity index (χ2v) is 2.70. The van der Waals surface area contributed by atoms with Gasteiger partial charge in [0.05, 0.1) is 5.30 Å². The molecule has 7 heteroatoms. The minimum atomic E-state index is -2.21. The van der Waals surface area contributed by atoms with E-state index in [4.69, 9.17) is 5.16 Å². The molecule has 13 heavy (non-hydrogen) atoms. The van der Waals surface area contributed by atoms with Crippen LogP contribution in [0, 0.1) is 34.2 Å². The van der Waals surface area contributed by atoms with Gasteiger partial charge in [-0.2, -0.15) is 0 Å². The summed E-state index contributed by atoms with van der Waals surface area (Å²) in [5, 5.41) is 5.38. The molecular weight excluding hydrogens is 212 g/mol. The van der Waals surface area contributed by atoms with E-state index >= 15 is 0 Å². The first-order valence-electron chi connectivity index (χ1n) is 2.89. The molecular formula is C6HF5NP. The van der Waals surface area contributed by atoms with Crippen molar-refractivity contribution >= 4 is 13.7 Å². The van der Waals surface area contributed by atoms with Crippen LogP contribution >= 0.6 is 8.37 Å². The van der Waals surface area contributed by atoms with Gasteiger partial charge in [0.25, 0.3) is 0 Å². The van der Waals surface area contributed by atoms with Crippen LogP contribution in [0.25, 0.3) is 0 Å². The predicted octanol–water partition coefficient (Wildman–Crippen LogP) is 2.72. The van der Waals surface area contributed by atoms with Crippen molar-refractivity contribution in [3.8, 4) is 0 Å². The van der Waals surface area contributed by atoms with Gasteiger partial charge in [0.1, 0.15) is 0 Å². The van der Waals surface area contributed by atoms with E-state index in [0.29, 0.717) is 0 Å². The Balaban J connectivity index is 3.66. The number of rotatable bonds is 1. The summed E-state index contributed by atoms with van der Waals surface area (Å²) < 4.78 is 62.1. The van der Waals surface area contributed by atoms with Crippen molar-refractivity contribution in [3.05, 3.63) is 29.1 Å². The Bertz CT molecular complexity index is 349. The van der Waals surface area contributed by atoms with E-state index in [-0.39, 0.29) is 0 Å². The first kappa shape index (κ1) is 10.1. The standard InChI is InChI=1S/C6HF5NP/c7-1-2(8)4(10)6(13-12)5(11)3(1)9/h12H. The first-order valence-corrected chi connectivity index (χ1v) is 3.79. The van der Waals surface area contributed by atoms with E-state index < -0.39 is 42.8 Å². The Labute approximate surface area is 70.9 Å². The Kier molecular flexibility index (Phi) is 2.61. The molecule has 0 saturated heterocycles. The molecule has 0 saturated carbocycles. The van der Waals surface area contributed by atoms with Gasteiger partial charge in [-0.3, -0.25) is 5.16 Å². The van der Waals surface area contributed by atoms with Crippen molar-refractivity contribution in [2.45, 2.75) is 0 Å². The number of hydrogen-bond donors (Lipinski definition) is 1. The Hall–Kier alpha value is -1.03. The maximum Gasteiger partial charge on any atom is 0.200 e. The first-order chi connectivity index (χ1) is 6.00. The van der Waals surface area contributed by atoms with Gasteiger partial charge in [-0.25, -0.2) is 22.0 Å². The summed E-state index contributed by atoms with van der Waals surface area (Å²) in [6.07, 6.45) is 0. The number of nitrogens with one attached hydrogen (secondary N) is 1. The van der Waals surface area contributed by atoms with Gasteiger partial charge >= 0.3 is 0 Å². The molecule has 1 rings (SSSR count). The molecule has 0 aliphatic heterocycles. The van der Waals surface area contributed by atoms with E-state index in [1.807, 2.05) is 0 Å². The molecule has 0 spiro atoms. The van der Waals surface area contributed by atoms with Gasteiger partial charge < -0.3 is 0 Å². The summed E-state index contributed by atoms with van der Waals surface area (Å²) in [6.45, 7) is 0. The van der Waals surface area contributed by atoms with E-state index in [2.05, 4.69) is 0 Å². The quantitative estimate of drug-likeness (QED) is 0.321. The Morgan fingerprint density at radius 2 is 1.00 bits per heavy atom. The largest absolute Gasteiger partial charge is 0.279 e. The summed E-state index contributed by atoms with van der Waals surface area (Å²) in [7, 11) is -0.759. The highest BCUT2D eigenvalue weighted by atomic mass is 31.1. The maximum absolute atomic E-state index is 12.6. The summed E-state index contributed by atoms with van der Waals surface area (Å²) in [6, 6.07) is 0. The molecule has 0 aliphatic carbocycles. The van der Waals surface area contributed by atoms with Gasteiger partial charge in [0.15, 0.2) is 23.3 Å². The molecule has 0 heterocycles. The van der Waals surface area contributed by atoms with Crippen molar-refractivity contribution in [1.82, 2.24) is 0 Å². The Morgan fingerprint density at radius 3 is 1.31 bits per heavy atom. The molecule has 0 fully saturated rings. The molecule has 70 valence electrons. The summed E-state index contributed by atoms with van der Waals surface area (Å²) in [4.78, 5) is 0. The zero-order valence-electron chi connectivity index (χ0n) is 5.84. The highest BCUT2D eigenvalue weighted by Gasteiger charge is 2.24. The lowest BCUT2D eigenvalue weighted by Crippen LogP contribution is -2.14. The molecule has 0 amide bonds. The van der Waals surface area contributed by atoms with E-state index in [1.54, 1.807) is 0 Å². The van der Waals surface area contributed by atoms with Crippen LogP contribution in [0.15, 0.2) is 0 Å². The summed E-state index contributed by atoms with van der Waals surface area (Å²) in [5.74, 6) is -10.1. The molecule has 1 N–H and O–H groups in total. The van der Waals surface area contributed by atoms with Crippen molar-refractivity contribution in [2.24, 2.45) is 0 Å². The van der Waals surface area contributed by atoms with Crippen LogP contribution in [0.1, 0.15) is 0 Å². The maximum atomic E-state index is 12.6. The third kappa shape index (κ3) is 1.42. The third-order valence-electron chi connectivity index (χ3n) is 1.30. The average molecular weight is 213 g/mol. The predicted molar refractivity (Wildman–Crippen MR) is 35.5 cm³/mol. The zero-order valence-corrected chi connectivity index (χ0v) is 6.73. The van der Waals surface area contributed by atoms with Gasteiger partial charge in [-0.1, -0.05) is 0 Å². The van der Waals surface area contributed by atoms with Crippen molar-refractivity contribution in [3.63, 3.8) is 0 Å². The minimum Gasteiger partial charge on any atom is -0.279 e. The fourth-order valence-electron chi connectivity index (χ4n) is 0.691. The topological polar surface area (TPSA) is 23.9 Å². The highest BCUT2D eigenvalue weighted by molar-refractivity contribution is 7.35. The average Bonchev–Trinajstić information content (AvgIpc) is 2.13. The van der Waals surface area contributed by atoms with E-state index in [9.17, 15) is 22.0 Å². The van der Waals surface area contributed by atoms with Crippen LogP contribution in [-0.2, 0) is 0 Å². The van der Waals surface area contributed by atoms with Gasteiger partial charge in [0.2, 0.25) is 5.82 Å². The minimum absolute atomic E-state index is 0.759. The molecule has 0 unspecified atom stereocenters. The van der Waals surface area contributed by atoms with Crippen LogP contribution in [0.2, 0.25) is 0 Å². The van der Waals surface area contributed by atoms with Crippen LogP contribution in [0.5, 0.6) is 0 Å². The second-order valence-electron chi connectivity index (χ2n) is 2.03. The number of hydrogen-bond acceptors (Lipinski definition) is 1. The number of benzene rings is 1. The SMILES string of the molecule is N=Pc1c(F)c(F)c(F)c(F)c1F. The molecule has 0 atom stereocenters. The van der Waals surface area contributed by atoms with Crippen LogP contribution in [0.4, 0.5) is 22.0 Å². The summed E-state index contributed by atoms with van der Waals surface area (Å²) in [5.41, 5.74) is 0. The highest BCUT2D eigenvalue weighted by Crippen LogP contribution is 2.18. The molecule has 0 radical (unpaired) electrons. The van der Waals surface area contributed by atoms with E-state index in [1.165, 1.54) is 0 Å². The van der Waals surface area contributed by atoms with E-state index in [0.717, 1.165) is 0 Å². The fraction of sp³-hybridized carbons (Fsp3) is 0. The number of halogens is 5. The lowest BCUT2D eigenvalue weighted by atomic mass is 10.3. The van der Waals surface area contributed by atoms with Gasteiger partial charge in [-0.15, -0.1) is 0 Å². The van der Waals surface area contributed by atoms with Crippen molar-refractivity contribution in [2.75, 3.05) is 0 Å². The van der Waals surface area contributed by atoms with Crippen LogP contribution in [-0.4, -0.2) is 0 Å². The lowest BCUT2D eigenvalue weighted by molar-refractivity contribution is 0.384. The lowest BCUT2D eigenvalue weighted by Gasteiger charge is -2.01. The van der Waals surface area contributed by atoms with Gasteiger partial charge in [0, 0.05) is 8.37 Å². The Morgan fingerprint density at radius 1 is 0.692 bits per heavy atom. The third-order valence-corrected chi connectivity index (χ3v) is 1.91. The van der Waals surface area contributed by atoms with Crippen molar-refractivity contribution < 1.29 is 22.0 Å². The summed E-state index contributed by atoms with van der Waals surface area (Å²) >= 11 is 0. The molecule has 1 nitrogen and oxygen atoms in total. The van der Waals surface area contributed by atoms with Crippen molar-refractivity contribution in [1.29, 1.82) is 5.16 Å². The van der Waals surface area contributed by atoms with Crippen LogP contribution < -0.4 is 5.30 Å². The van der Waals surface area contributed by atoms with Gasteiger partial charge in [-0.05, 0) is 0 Å². The smallest absolute Gasteiger partial charge is 0.200 e. The molecule has 0 bridgehead atoms.